The van der Waals surface area contributed by atoms with Crippen molar-refractivity contribution in [2.75, 3.05) is 0 Å². The summed E-state index contributed by atoms with van der Waals surface area (Å²) in [5, 5.41) is 3.20. The van der Waals surface area contributed by atoms with E-state index in [2.05, 4.69) is 5.32 Å². The minimum atomic E-state index is -0.189. The lowest BCUT2D eigenvalue weighted by atomic mass is 10.1. The highest BCUT2D eigenvalue weighted by molar-refractivity contribution is 5.85. The lowest BCUT2D eigenvalue weighted by molar-refractivity contribution is -0.150. The number of hydrogen-bond donors (Lipinski definition) is 1. The molecule has 0 spiro atoms. The Balaban J connectivity index is 0.00000289. The van der Waals surface area contributed by atoms with Gasteiger partial charge in [0.25, 0.3) is 0 Å². The van der Waals surface area contributed by atoms with Gasteiger partial charge in [0, 0.05) is 6.04 Å². The maximum atomic E-state index is 11.7. The molecule has 0 radical (unpaired) electrons. The van der Waals surface area contributed by atoms with E-state index in [1.165, 1.54) is 0 Å². The van der Waals surface area contributed by atoms with E-state index < -0.39 is 0 Å². The Morgan fingerprint density at radius 2 is 1.89 bits per heavy atom. The highest BCUT2D eigenvalue weighted by Crippen LogP contribution is 2.03. The molecule has 1 N–H and O–H groups in total. The second-order valence-corrected chi connectivity index (χ2v) is 4.37. The first-order chi connectivity index (χ1) is 8.11. The van der Waals surface area contributed by atoms with E-state index in [0.717, 1.165) is 12.0 Å². The van der Waals surface area contributed by atoms with Crippen molar-refractivity contribution < 1.29 is 9.53 Å². The molecule has 0 saturated carbocycles. The van der Waals surface area contributed by atoms with Crippen molar-refractivity contribution >= 4 is 18.4 Å². The van der Waals surface area contributed by atoms with Crippen molar-refractivity contribution in [3.63, 3.8) is 0 Å². The number of carbonyl (C=O) groups excluding carboxylic acids is 1. The number of benzene rings is 1. The van der Waals surface area contributed by atoms with E-state index in [0.29, 0.717) is 12.5 Å². The zero-order chi connectivity index (χ0) is 12.7. The van der Waals surface area contributed by atoms with E-state index in [9.17, 15) is 4.79 Å². The van der Waals surface area contributed by atoms with Crippen LogP contribution in [0.5, 0.6) is 0 Å². The minimum Gasteiger partial charge on any atom is -0.446 e. The van der Waals surface area contributed by atoms with Gasteiger partial charge in [0.2, 0.25) is 0 Å². The summed E-state index contributed by atoms with van der Waals surface area (Å²) in [6, 6.07) is 9.95. The van der Waals surface area contributed by atoms with Crippen molar-refractivity contribution in [3.05, 3.63) is 35.9 Å². The molecule has 0 aromatic heterocycles. The Hall–Kier alpha value is -1.06. The van der Waals surface area contributed by atoms with Crippen LogP contribution in [0, 0.1) is 0 Å². The van der Waals surface area contributed by atoms with Gasteiger partial charge in [-0.05, 0) is 25.8 Å². The molecule has 0 unspecified atom stereocenters. The number of rotatable bonds is 6. The summed E-state index contributed by atoms with van der Waals surface area (Å²) >= 11 is 0. The van der Waals surface area contributed by atoms with Crippen molar-refractivity contribution in [3.8, 4) is 0 Å². The molecule has 1 aromatic rings. The standard InChI is InChI=1S/C14H21NO2.ClH/c1-4-13(15-11(2)3)17-14(16)10-12-8-6-5-7-9-12;/h5-9,11,13,15H,4,10H2,1-3H3;1H/t13-;/m0./s1. The first kappa shape index (κ1) is 16.9. The number of esters is 1. The lowest BCUT2D eigenvalue weighted by Crippen LogP contribution is -2.38. The molecule has 4 heteroatoms. The average molecular weight is 272 g/mol. The minimum absolute atomic E-state index is 0. The number of carbonyl (C=O) groups is 1. The van der Waals surface area contributed by atoms with Gasteiger partial charge in [0.15, 0.2) is 6.23 Å². The van der Waals surface area contributed by atoms with Gasteiger partial charge < -0.3 is 4.74 Å². The van der Waals surface area contributed by atoms with Crippen LogP contribution in [0.4, 0.5) is 0 Å². The van der Waals surface area contributed by atoms with Crippen molar-refractivity contribution in [2.45, 2.75) is 45.9 Å². The molecule has 18 heavy (non-hydrogen) atoms. The molecular formula is C14H22ClNO2. The highest BCUT2D eigenvalue weighted by Gasteiger charge is 2.13. The zero-order valence-electron chi connectivity index (χ0n) is 11.2. The van der Waals surface area contributed by atoms with Gasteiger partial charge in [-0.15, -0.1) is 12.4 Å². The van der Waals surface area contributed by atoms with Crippen LogP contribution in [-0.2, 0) is 16.0 Å². The molecule has 0 heterocycles. The lowest BCUT2D eigenvalue weighted by Gasteiger charge is -2.20. The molecule has 0 aliphatic rings. The fraction of sp³-hybridized carbons (Fsp3) is 0.500. The largest absolute Gasteiger partial charge is 0.446 e. The van der Waals surface area contributed by atoms with Gasteiger partial charge in [0.05, 0.1) is 6.42 Å². The summed E-state index contributed by atoms with van der Waals surface area (Å²) < 4.78 is 5.36. The molecule has 102 valence electrons. The fourth-order valence-electron chi connectivity index (χ4n) is 1.57. The molecule has 1 rings (SSSR count). The first-order valence-electron chi connectivity index (χ1n) is 6.11. The molecule has 0 aliphatic heterocycles. The summed E-state index contributed by atoms with van der Waals surface area (Å²) in [6.07, 6.45) is 0.918. The number of hydrogen-bond acceptors (Lipinski definition) is 3. The molecule has 0 saturated heterocycles. The van der Waals surface area contributed by atoms with Crippen LogP contribution in [0.3, 0.4) is 0 Å². The van der Waals surface area contributed by atoms with Crippen LogP contribution in [0.15, 0.2) is 30.3 Å². The predicted molar refractivity (Wildman–Crippen MR) is 75.8 cm³/mol. The van der Waals surface area contributed by atoms with Crippen LogP contribution in [0.2, 0.25) is 0 Å². The normalized spacial score (nSPS) is 11.8. The summed E-state index contributed by atoms with van der Waals surface area (Å²) in [6.45, 7) is 6.07. The summed E-state index contributed by atoms with van der Waals surface area (Å²) in [5.41, 5.74) is 0.983. The van der Waals surface area contributed by atoms with Crippen LogP contribution >= 0.6 is 12.4 Å². The molecule has 3 nitrogen and oxygen atoms in total. The molecule has 0 amide bonds. The second kappa shape index (κ2) is 8.95. The summed E-state index contributed by atoms with van der Waals surface area (Å²) in [4.78, 5) is 11.7. The molecule has 0 aliphatic carbocycles. The molecule has 0 bridgehead atoms. The average Bonchev–Trinajstić information content (AvgIpc) is 2.28. The van der Waals surface area contributed by atoms with Crippen molar-refractivity contribution in [2.24, 2.45) is 0 Å². The van der Waals surface area contributed by atoms with Crippen LogP contribution in [-0.4, -0.2) is 18.2 Å². The van der Waals surface area contributed by atoms with Gasteiger partial charge in [-0.3, -0.25) is 10.1 Å². The Morgan fingerprint density at radius 1 is 1.28 bits per heavy atom. The van der Waals surface area contributed by atoms with Crippen LogP contribution < -0.4 is 5.32 Å². The van der Waals surface area contributed by atoms with E-state index in [-0.39, 0.29) is 24.6 Å². The van der Waals surface area contributed by atoms with Crippen molar-refractivity contribution in [1.29, 1.82) is 0 Å². The first-order valence-corrected chi connectivity index (χ1v) is 6.11. The second-order valence-electron chi connectivity index (χ2n) is 4.37. The van der Waals surface area contributed by atoms with E-state index in [1.807, 2.05) is 51.1 Å². The highest BCUT2D eigenvalue weighted by atomic mass is 35.5. The van der Waals surface area contributed by atoms with Crippen LogP contribution in [0.1, 0.15) is 32.8 Å². The third-order valence-corrected chi connectivity index (χ3v) is 2.36. The maximum Gasteiger partial charge on any atom is 0.311 e. The monoisotopic (exact) mass is 271 g/mol. The van der Waals surface area contributed by atoms with Crippen LogP contribution in [0.25, 0.3) is 0 Å². The maximum absolute atomic E-state index is 11.7. The smallest absolute Gasteiger partial charge is 0.311 e. The van der Waals surface area contributed by atoms with Gasteiger partial charge >= 0.3 is 5.97 Å². The van der Waals surface area contributed by atoms with E-state index in [4.69, 9.17) is 4.74 Å². The zero-order valence-corrected chi connectivity index (χ0v) is 12.0. The van der Waals surface area contributed by atoms with Gasteiger partial charge in [-0.2, -0.15) is 0 Å². The quantitative estimate of drug-likeness (QED) is 0.639. The third kappa shape index (κ3) is 6.62. The van der Waals surface area contributed by atoms with E-state index >= 15 is 0 Å². The predicted octanol–water partition coefficient (Wildman–Crippen LogP) is 2.93. The Kier molecular flexibility index (Phi) is 8.42. The summed E-state index contributed by atoms with van der Waals surface area (Å²) in [7, 11) is 0. The summed E-state index contributed by atoms with van der Waals surface area (Å²) in [5.74, 6) is -0.184. The Bertz CT molecular complexity index is 341. The Morgan fingerprint density at radius 3 is 2.39 bits per heavy atom. The number of halogens is 1. The molecule has 0 fully saturated rings. The van der Waals surface area contributed by atoms with Crippen molar-refractivity contribution in [1.82, 2.24) is 5.32 Å². The van der Waals surface area contributed by atoms with Gasteiger partial charge in [-0.1, -0.05) is 37.3 Å². The number of nitrogens with one attached hydrogen (secondary N) is 1. The third-order valence-electron chi connectivity index (χ3n) is 2.36. The molecule has 1 aromatic carbocycles. The fourth-order valence-corrected chi connectivity index (χ4v) is 1.57. The number of ether oxygens (including phenoxy) is 1. The van der Waals surface area contributed by atoms with Gasteiger partial charge in [-0.25, -0.2) is 0 Å². The van der Waals surface area contributed by atoms with E-state index in [1.54, 1.807) is 0 Å². The Labute approximate surface area is 115 Å². The topological polar surface area (TPSA) is 38.3 Å². The van der Waals surface area contributed by atoms with Gasteiger partial charge in [0.1, 0.15) is 0 Å². The molecule has 1 atom stereocenters. The molecular weight excluding hydrogens is 250 g/mol. The SMILES string of the molecule is CC[C@@H](NC(C)C)OC(=O)Cc1ccccc1.Cl.